The fraction of sp³-hybridized carbons (Fsp3) is 0.333. The molecule has 0 bridgehead atoms. The number of benzene rings is 1. The molecule has 6 heteroatoms. The molecule has 4 nitrogen and oxygen atoms in total. The Hall–Kier alpha value is -1.33. The van der Waals surface area contributed by atoms with Gasteiger partial charge in [0.1, 0.15) is 5.82 Å². The Kier molecular flexibility index (Phi) is 4.04. The van der Waals surface area contributed by atoms with Gasteiger partial charge in [0.25, 0.3) is 0 Å². The van der Waals surface area contributed by atoms with Crippen LogP contribution in [0, 0.1) is 0 Å². The van der Waals surface area contributed by atoms with E-state index in [0.717, 1.165) is 27.9 Å². The molecule has 0 aliphatic carbocycles. The first kappa shape index (κ1) is 14.6. The van der Waals surface area contributed by atoms with Crippen molar-refractivity contribution in [2.75, 3.05) is 0 Å². The van der Waals surface area contributed by atoms with Crippen molar-refractivity contribution in [1.29, 1.82) is 0 Å². The van der Waals surface area contributed by atoms with Crippen molar-refractivity contribution in [3.8, 4) is 0 Å². The largest absolute Gasteiger partial charge is 0.335 e. The molecule has 2 heterocycles. The van der Waals surface area contributed by atoms with Gasteiger partial charge in [-0.05, 0) is 32.0 Å². The zero-order valence-corrected chi connectivity index (χ0v) is 14.2. The van der Waals surface area contributed by atoms with Gasteiger partial charge in [-0.25, -0.2) is 9.97 Å². The summed E-state index contributed by atoms with van der Waals surface area (Å²) in [5.41, 5.74) is 2.07. The van der Waals surface area contributed by atoms with Crippen LogP contribution in [0.25, 0.3) is 11.0 Å². The minimum absolute atomic E-state index is 0.138. The smallest absolute Gasteiger partial charge is 0.128 e. The van der Waals surface area contributed by atoms with Gasteiger partial charge in [-0.15, -0.1) is 11.6 Å². The monoisotopic (exact) mass is 366 g/mol. The topological polar surface area (TPSA) is 35.6 Å². The zero-order chi connectivity index (χ0) is 15.0. The maximum absolute atomic E-state index is 6.33. The van der Waals surface area contributed by atoms with Gasteiger partial charge in [-0.3, -0.25) is 0 Å². The number of halogens is 2. The molecule has 2 unspecified atom stereocenters. The van der Waals surface area contributed by atoms with Gasteiger partial charge in [0, 0.05) is 23.4 Å². The molecule has 0 saturated heterocycles. The van der Waals surface area contributed by atoms with Crippen LogP contribution in [-0.2, 0) is 6.54 Å². The van der Waals surface area contributed by atoms with Crippen LogP contribution in [0.5, 0.6) is 0 Å². The normalized spacial score (nSPS) is 14.5. The lowest BCUT2D eigenvalue weighted by molar-refractivity contribution is 0.460. The number of hydrogen-bond acceptors (Lipinski definition) is 2. The number of nitrogens with zero attached hydrogens (tertiary/aromatic N) is 4. The minimum atomic E-state index is -0.138. The lowest BCUT2D eigenvalue weighted by atomic mass is 10.2. The van der Waals surface area contributed by atoms with Gasteiger partial charge in [0.05, 0.1) is 28.8 Å². The summed E-state index contributed by atoms with van der Waals surface area (Å²) < 4.78 is 5.31. The van der Waals surface area contributed by atoms with E-state index in [9.17, 15) is 0 Å². The second-order valence-electron chi connectivity index (χ2n) is 5.20. The molecular formula is C15H16BrClN4. The second-order valence-corrected chi connectivity index (χ2v) is 6.77. The summed E-state index contributed by atoms with van der Waals surface area (Å²) in [6, 6.07) is 6.38. The molecule has 1 aromatic carbocycles. The highest BCUT2D eigenvalue weighted by atomic mass is 79.9. The predicted molar refractivity (Wildman–Crippen MR) is 88.6 cm³/mol. The minimum Gasteiger partial charge on any atom is -0.335 e. The van der Waals surface area contributed by atoms with Gasteiger partial charge >= 0.3 is 0 Å². The fourth-order valence-electron chi connectivity index (χ4n) is 2.62. The molecule has 0 saturated carbocycles. The van der Waals surface area contributed by atoms with Gasteiger partial charge < -0.3 is 9.13 Å². The molecule has 2 aromatic heterocycles. The fourth-order valence-corrected chi connectivity index (χ4v) is 3.12. The number of hydrogen-bond donors (Lipinski definition) is 0. The first-order valence-electron chi connectivity index (χ1n) is 6.83. The van der Waals surface area contributed by atoms with Crippen molar-refractivity contribution in [2.24, 2.45) is 0 Å². The van der Waals surface area contributed by atoms with Gasteiger partial charge in [0.2, 0.25) is 0 Å². The first-order chi connectivity index (χ1) is 10.1. The molecule has 0 spiro atoms. The van der Waals surface area contributed by atoms with E-state index in [4.69, 9.17) is 16.6 Å². The Morgan fingerprint density at radius 2 is 2.14 bits per heavy atom. The Morgan fingerprint density at radius 1 is 1.33 bits per heavy atom. The maximum atomic E-state index is 6.33. The van der Waals surface area contributed by atoms with Crippen LogP contribution in [0.3, 0.4) is 0 Å². The van der Waals surface area contributed by atoms with Crippen LogP contribution in [0.1, 0.15) is 31.1 Å². The Morgan fingerprint density at radius 3 is 2.81 bits per heavy atom. The second kappa shape index (κ2) is 5.81. The van der Waals surface area contributed by atoms with E-state index in [2.05, 4.69) is 43.0 Å². The summed E-state index contributed by atoms with van der Waals surface area (Å²) in [4.78, 5) is 8.79. The number of imidazole rings is 2. The molecule has 3 aromatic rings. The van der Waals surface area contributed by atoms with Crippen molar-refractivity contribution in [2.45, 2.75) is 31.8 Å². The number of aromatic nitrogens is 4. The quantitative estimate of drug-likeness (QED) is 0.634. The number of fused-ring (bicyclic) bond motifs is 1. The Balaban J connectivity index is 2.08. The molecule has 21 heavy (non-hydrogen) atoms. The first-order valence-corrected chi connectivity index (χ1v) is 8.06. The average Bonchev–Trinajstić information content (AvgIpc) is 3.04. The molecule has 0 aliphatic heterocycles. The highest BCUT2D eigenvalue weighted by Gasteiger charge is 2.19. The zero-order valence-electron chi connectivity index (χ0n) is 11.9. The van der Waals surface area contributed by atoms with Crippen molar-refractivity contribution in [3.63, 3.8) is 0 Å². The predicted octanol–water partition coefficient (Wildman–Crippen LogP) is 4.56. The van der Waals surface area contributed by atoms with Crippen LogP contribution in [0.2, 0.25) is 0 Å². The molecule has 0 amide bonds. The molecule has 2 atom stereocenters. The van der Waals surface area contributed by atoms with E-state index in [1.807, 2.05) is 31.6 Å². The van der Waals surface area contributed by atoms with Crippen LogP contribution in [-0.4, -0.2) is 19.1 Å². The summed E-state index contributed by atoms with van der Waals surface area (Å²) in [7, 11) is 0. The van der Waals surface area contributed by atoms with Crippen LogP contribution < -0.4 is 0 Å². The third kappa shape index (κ3) is 2.85. The van der Waals surface area contributed by atoms with Crippen molar-refractivity contribution in [1.82, 2.24) is 19.1 Å². The van der Waals surface area contributed by atoms with E-state index in [1.165, 1.54) is 0 Å². The van der Waals surface area contributed by atoms with Crippen LogP contribution >= 0.6 is 27.5 Å². The number of alkyl halides is 1. The van der Waals surface area contributed by atoms with Crippen molar-refractivity contribution in [3.05, 3.63) is 47.2 Å². The summed E-state index contributed by atoms with van der Waals surface area (Å²) in [5.74, 6) is 0.900. The summed E-state index contributed by atoms with van der Waals surface area (Å²) >= 11 is 9.83. The van der Waals surface area contributed by atoms with Crippen molar-refractivity contribution < 1.29 is 0 Å². The summed E-state index contributed by atoms with van der Waals surface area (Å²) in [6.45, 7) is 4.96. The molecule has 110 valence electrons. The Bertz CT molecular complexity index is 748. The third-order valence-corrected chi connectivity index (χ3v) is 4.20. The molecule has 0 radical (unpaired) electrons. The molecule has 0 fully saturated rings. The molecule has 0 N–H and O–H groups in total. The standard InChI is InChI=1S/C15H16BrClN4/c1-10(8-20-6-5-18-9-20)21-14-4-3-12(16)7-13(14)19-15(21)11(2)17/h3-7,9-11H,8H2,1-2H3. The molecule has 0 aliphatic rings. The SMILES string of the molecule is CC(Cl)c1nc2cc(Br)ccc2n1C(C)Cn1ccnc1. The lowest BCUT2D eigenvalue weighted by Gasteiger charge is -2.19. The van der Waals surface area contributed by atoms with E-state index >= 15 is 0 Å². The van der Waals surface area contributed by atoms with E-state index in [0.29, 0.717) is 0 Å². The lowest BCUT2D eigenvalue weighted by Crippen LogP contribution is -2.15. The average molecular weight is 368 g/mol. The number of rotatable bonds is 4. The Labute approximate surface area is 136 Å². The van der Waals surface area contributed by atoms with E-state index in [1.54, 1.807) is 6.20 Å². The van der Waals surface area contributed by atoms with Crippen molar-refractivity contribution >= 4 is 38.6 Å². The highest BCUT2D eigenvalue weighted by molar-refractivity contribution is 9.10. The summed E-state index contributed by atoms with van der Waals surface area (Å²) in [5, 5.41) is -0.138. The van der Waals surface area contributed by atoms with Crippen LogP contribution in [0.15, 0.2) is 41.4 Å². The van der Waals surface area contributed by atoms with Crippen LogP contribution in [0.4, 0.5) is 0 Å². The van der Waals surface area contributed by atoms with Gasteiger partial charge in [0.15, 0.2) is 0 Å². The summed E-state index contributed by atoms with van der Waals surface area (Å²) in [6.07, 6.45) is 5.59. The van der Waals surface area contributed by atoms with E-state index < -0.39 is 0 Å². The highest BCUT2D eigenvalue weighted by Crippen LogP contribution is 2.30. The van der Waals surface area contributed by atoms with Gasteiger partial charge in [-0.1, -0.05) is 15.9 Å². The molecule has 3 rings (SSSR count). The van der Waals surface area contributed by atoms with Gasteiger partial charge in [-0.2, -0.15) is 0 Å². The molecular weight excluding hydrogens is 352 g/mol. The maximum Gasteiger partial charge on any atom is 0.128 e. The third-order valence-electron chi connectivity index (χ3n) is 3.51. The van der Waals surface area contributed by atoms with E-state index in [-0.39, 0.29) is 11.4 Å².